The molecule has 0 saturated carbocycles. The number of rotatable bonds is 11. The van der Waals surface area contributed by atoms with Crippen molar-refractivity contribution < 1.29 is 10.2 Å². The largest absolute Gasteiger partial charge is 0.508 e. The molecule has 6 heteroatoms. The number of aromatic nitrogens is 1. The van der Waals surface area contributed by atoms with Crippen LogP contribution in [-0.2, 0) is 0 Å². The van der Waals surface area contributed by atoms with Gasteiger partial charge in [-0.15, -0.1) is 0 Å². The van der Waals surface area contributed by atoms with Gasteiger partial charge in [-0.05, 0) is 102 Å². The Labute approximate surface area is 337 Å². The highest BCUT2D eigenvalue weighted by Gasteiger charge is 2.23. The third-order valence-corrected chi connectivity index (χ3v) is 10.5. The number of nitrogens with zero attached hydrogens (tertiary/aromatic N) is 2. The van der Waals surface area contributed by atoms with Crippen LogP contribution in [0.2, 0.25) is 0 Å². The first-order valence-corrected chi connectivity index (χ1v) is 19.4. The summed E-state index contributed by atoms with van der Waals surface area (Å²) in [4.78, 5) is 1.95. The molecular formula is C51H46B2N2O2. The van der Waals surface area contributed by atoms with E-state index in [4.69, 9.17) is 0 Å². The van der Waals surface area contributed by atoms with Crippen LogP contribution >= 0.6 is 0 Å². The number of aromatic hydroxyl groups is 2. The van der Waals surface area contributed by atoms with Gasteiger partial charge in [0.15, 0.2) is 0 Å². The quantitative estimate of drug-likeness (QED) is 0.0789. The maximum atomic E-state index is 11.9. The molecule has 0 spiro atoms. The van der Waals surface area contributed by atoms with Gasteiger partial charge in [-0.3, -0.25) is 0 Å². The fourth-order valence-corrected chi connectivity index (χ4v) is 7.64. The van der Waals surface area contributed by atoms with E-state index in [1.807, 2.05) is 101 Å². The molecule has 0 fully saturated rings. The Bertz CT molecular complexity index is 2710. The highest BCUT2D eigenvalue weighted by atomic mass is 16.3. The second-order valence-corrected chi connectivity index (χ2v) is 14.1. The first kappa shape index (κ1) is 38.4. The van der Waals surface area contributed by atoms with Crippen molar-refractivity contribution in [3.8, 4) is 22.6 Å². The monoisotopic (exact) mass is 740 g/mol. The summed E-state index contributed by atoms with van der Waals surface area (Å²) in [5.74, 6) is 0.252. The summed E-state index contributed by atoms with van der Waals surface area (Å²) >= 11 is 0. The zero-order chi connectivity index (χ0) is 39.9. The maximum absolute atomic E-state index is 11.9. The van der Waals surface area contributed by atoms with E-state index in [-0.39, 0.29) is 11.5 Å². The van der Waals surface area contributed by atoms with Crippen molar-refractivity contribution >= 4 is 77.1 Å². The predicted octanol–water partition coefficient (Wildman–Crippen LogP) is 10.1. The lowest BCUT2D eigenvalue weighted by Gasteiger charge is -2.27. The number of fused-ring (bicyclic) bond motifs is 3. The summed E-state index contributed by atoms with van der Waals surface area (Å²) in [7, 11) is 3.71. The van der Waals surface area contributed by atoms with Gasteiger partial charge in [0.05, 0.1) is 16.7 Å². The fourth-order valence-electron chi connectivity index (χ4n) is 7.64. The van der Waals surface area contributed by atoms with Crippen LogP contribution in [0.1, 0.15) is 30.5 Å². The van der Waals surface area contributed by atoms with Gasteiger partial charge in [-0.2, -0.15) is 0 Å². The van der Waals surface area contributed by atoms with Crippen LogP contribution in [0.15, 0.2) is 182 Å². The molecule has 0 amide bonds. The first-order chi connectivity index (χ1) is 27.8. The minimum atomic E-state index is 0.112. The third-order valence-electron chi connectivity index (χ3n) is 10.5. The Kier molecular flexibility index (Phi) is 11.6. The predicted molar refractivity (Wildman–Crippen MR) is 251 cm³/mol. The van der Waals surface area contributed by atoms with Gasteiger partial charge in [-0.1, -0.05) is 140 Å². The normalized spacial score (nSPS) is 12.7. The van der Waals surface area contributed by atoms with E-state index >= 15 is 0 Å². The minimum Gasteiger partial charge on any atom is -0.508 e. The SMILES string of the molecule is Bc1c(O)c(N(/C=C/C=C(\C=C/C)c2ccccc2)c2ccc(C(/C=C\C=C\n3c4ccccc4c4c(C)cccc43)=C/C)cc2)c(B)c(O)c1-c1ccccc1. The van der Waals surface area contributed by atoms with Crippen LogP contribution < -0.4 is 15.8 Å². The van der Waals surface area contributed by atoms with E-state index in [1.54, 1.807) is 0 Å². The lowest BCUT2D eigenvalue weighted by atomic mass is 9.78. The Morgan fingerprint density at radius 3 is 2.02 bits per heavy atom. The number of para-hydroxylation sites is 1. The zero-order valence-corrected chi connectivity index (χ0v) is 33.2. The molecule has 7 rings (SSSR count). The Morgan fingerprint density at radius 2 is 1.30 bits per heavy atom. The number of allylic oxidation sites excluding steroid dienone is 10. The van der Waals surface area contributed by atoms with Gasteiger partial charge >= 0.3 is 0 Å². The zero-order valence-electron chi connectivity index (χ0n) is 33.2. The Hall–Kier alpha value is -6.91. The van der Waals surface area contributed by atoms with Crippen LogP contribution in [0.5, 0.6) is 11.5 Å². The van der Waals surface area contributed by atoms with Crippen LogP contribution in [0, 0.1) is 6.92 Å². The standard InChI is InChI=1S/C51H46B2N2O2/c1-4-18-37(38-21-8-6-9-22-38)25-17-34-54(49-48(53)50(56)46(47(52)51(49)57)40-23-10-7-11-24-40)41-31-29-39(30-32-41)36(5-2)20-14-15-33-55-43-27-13-12-26-42(43)45-35(3)19-16-28-44(45)55/h4-34,56-57H,52-53H2,1-3H3/b18-4-,20-14-,33-15+,34-17+,36-5+,37-25+. The molecule has 6 aromatic carbocycles. The van der Waals surface area contributed by atoms with E-state index in [0.717, 1.165) is 33.5 Å². The highest BCUT2D eigenvalue weighted by molar-refractivity contribution is 6.45. The van der Waals surface area contributed by atoms with Crippen molar-refractivity contribution in [2.45, 2.75) is 20.8 Å². The molecule has 0 atom stereocenters. The summed E-state index contributed by atoms with van der Waals surface area (Å²) in [6.45, 7) is 6.22. The molecule has 0 aliphatic rings. The van der Waals surface area contributed by atoms with Crippen molar-refractivity contribution in [2.24, 2.45) is 0 Å². The molecule has 0 aliphatic carbocycles. The average Bonchev–Trinajstić information content (AvgIpc) is 3.57. The van der Waals surface area contributed by atoms with E-state index in [2.05, 4.69) is 133 Å². The number of phenolic OH excluding ortho intramolecular Hbond substituents is 2. The number of phenols is 2. The molecule has 0 aliphatic heterocycles. The molecule has 1 aromatic heterocycles. The topological polar surface area (TPSA) is 48.6 Å². The lowest BCUT2D eigenvalue weighted by molar-refractivity contribution is 0.470. The minimum absolute atomic E-state index is 0.112. The van der Waals surface area contributed by atoms with Crippen molar-refractivity contribution in [3.63, 3.8) is 0 Å². The molecule has 278 valence electrons. The maximum Gasteiger partial charge on any atom is 0.147 e. The van der Waals surface area contributed by atoms with Gasteiger partial charge in [-0.25, -0.2) is 0 Å². The summed E-state index contributed by atoms with van der Waals surface area (Å²) in [5, 5.41) is 26.1. The Balaban J connectivity index is 1.24. The number of benzene rings is 6. The van der Waals surface area contributed by atoms with Crippen LogP contribution in [0.25, 0.3) is 50.3 Å². The molecular weight excluding hydrogens is 694 g/mol. The molecule has 2 N–H and O–H groups in total. The van der Waals surface area contributed by atoms with Gasteiger partial charge in [0.2, 0.25) is 0 Å². The third kappa shape index (κ3) is 7.81. The van der Waals surface area contributed by atoms with E-state index in [1.165, 1.54) is 27.4 Å². The summed E-state index contributed by atoms with van der Waals surface area (Å²) in [5.41, 5.74) is 11.9. The lowest BCUT2D eigenvalue weighted by Crippen LogP contribution is -2.24. The molecule has 0 radical (unpaired) electrons. The van der Waals surface area contributed by atoms with Crippen LogP contribution in [0.4, 0.5) is 11.4 Å². The van der Waals surface area contributed by atoms with Gasteiger partial charge < -0.3 is 19.7 Å². The van der Waals surface area contributed by atoms with E-state index in [0.29, 0.717) is 22.2 Å². The van der Waals surface area contributed by atoms with Gasteiger partial charge in [0.1, 0.15) is 27.2 Å². The fraction of sp³-hybridized carbons (Fsp3) is 0.0588. The number of hydrogen-bond acceptors (Lipinski definition) is 3. The molecule has 1 heterocycles. The second-order valence-electron chi connectivity index (χ2n) is 14.1. The van der Waals surface area contributed by atoms with E-state index in [9.17, 15) is 10.2 Å². The molecule has 0 saturated heterocycles. The molecule has 57 heavy (non-hydrogen) atoms. The van der Waals surface area contributed by atoms with Crippen molar-refractivity contribution in [1.29, 1.82) is 0 Å². The van der Waals surface area contributed by atoms with Gasteiger partial charge in [0, 0.05) is 34.4 Å². The number of aryl methyl sites for hydroxylation is 1. The molecule has 7 aromatic rings. The highest BCUT2D eigenvalue weighted by Crippen LogP contribution is 2.38. The van der Waals surface area contributed by atoms with Crippen molar-refractivity contribution in [3.05, 3.63) is 199 Å². The van der Waals surface area contributed by atoms with Gasteiger partial charge in [0.25, 0.3) is 0 Å². The summed E-state index contributed by atoms with van der Waals surface area (Å²) < 4.78 is 2.26. The Morgan fingerprint density at radius 1 is 0.632 bits per heavy atom. The van der Waals surface area contributed by atoms with Crippen LogP contribution in [0.3, 0.4) is 0 Å². The summed E-state index contributed by atoms with van der Waals surface area (Å²) in [6, 6.07) is 43.3. The smallest absolute Gasteiger partial charge is 0.147 e. The van der Waals surface area contributed by atoms with Crippen LogP contribution in [-0.4, -0.2) is 30.5 Å². The molecule has 0 unspecified atom stereocenters. The van der Waals surface area contributed by atoms with Crippen molar-refractivity contribution in [1.82, 2.24) is 4.57 Å². The van der Waals surface area contributed by atoms with Crippen molar-refractivity contribution in [2.75, 3.05) is 4.90 Å². The average molecular weight is 741 g/mol. The molecule has 0 bridgehead atoms. The second kappa shape index (κ2) is 17.3. The summed E-state index contributed by atoms with van der Waals surface area (Å²) in [6.07, 6.45) is 20.6. The van der Waals surface area contributed by atoms with E-state index < -0.39 is 0 Å². The number of anilines is 2. The number of hydrogen-bond donors (Lipinski definition) is 2. The first-order valence-electron chi connectivity index (χ1n) is 19.4. The molecule has 4 nitrogen and oxygen atoms in total.